The molecule has 0 amide bonds. The molecule has 1 aromatic heterocycles. The summed E-state index contributed by atoms with van der Waals surface area (Å²) in [6.07, 6.45) is 2.80. The summed E-state index contributed by atoms with van der Waals surface area (Å²) < 4.78 is 16.8. The number of methoxy groups -OCH3 is 1. The number of benzene rings is 1. The number of ether oxygens (including phenoxy) is 3. The first kappa shape index (κ1) is 21.9. The van der Waals surface area contributed by atoms with E-state index < -0.39 is 0 Å². The molecule has 30 heavy (non-hydrogen) atoms. The Morgan fingerprint density at radius 1 is 1.27 bits per heavy atom. The highest BCUT2D eigenvalue weighted by molar-refractivity contribution is 5.79. The quantitative estimate of drug-likeness (QED) is 0.487. The number of aryl methyl sites for hydroxylation is 1. The summed E-state index contributed by atoms with van der Waals surface area (Å²) in [5.41, 5.74) is 3.33. The zero-order valence-electron chi connectivity index (χ0n) is 18.1. The number of nitrogens with one attached hydrogen (secondary N) is 2. The standard InChI is InChI=1S/C23H32N4O3/c1-4-24-23(26-13-18-7-9-25-22(12-18)28-3)27-14-20-6-5-17(2)11-21(20)30-16-19-8-10-29-15-19/h5-7,9,11-12,19H,4,8,10,13-16H2,1-3H3,(H2,24,26,27). The smallest absolute Gasteiger partial charge is 0.213 e. The Labute approximate surface area is 178 Å². The van der Waals surface area contributed by atoms with E-state index in [1.807, 2.05) is 12.1 Å². The average Bonchev–Trinajstić information content (AvgIpc) is 3.29. The van der Waals surface area contributed by atoms with E-state index in [0.29, 0.717) is 31.5 Å². The van der Waals surface area contributed by atoms with Gasteiger partial charge in [0.05, 0.1) is 26.9 Å². The molecule has 3 rings (SSSR count). The van der Waals surface area contributed by atoms with Crippen LogP contribution in [0, 0.1) is 12.8 Å². The second-order valence-corrected chi connectivity index (χ2v) is 7.41. The summed E-state index contributed by atoms with van der Waals surface area (Å²) >= 11 is 0. The van der Waals surface area contributed by atoms with E-state index in [4.69, 9.17) is 14.2 Å². The topological polar surface area (TPSA) is 77.0 Å². The van der Waals surface area contributed by atoms with E-state index in [-0.39, 0.29) is 0 Å². The van der Waals surface area contributed by atoms with Gasteiger partial charge in [-0.1, -0.05) is 12.1 Å². The fourth-order valence-corrected chi connectivity index (χ4v) is 3.22. The summed E-state index contributed by atoms with van der Waals surface area (Å²) in [6, 6.07) is 10.1. The fourth-order valence-electron chi connectivity index (χ4n) is 3.22. The van der Waals surface area contributed by atoms with Gasteiger partial charge in [-0.3, -0.25) is 0 Å². The van der Waals surface area contributed by atoms with E-state index in [2.05, 4.69) is 52.7 Å². The number of aromatic nitrogens is 1. The van der Waals surface area contributed by atoms with Crippen molar-refractivity contribution in [1.29, 1.82) is 0 Å². The van der Waals surface area contributed by atoms with E-state index >= 15 is 0 Å². The Bertz CT molecular complexity index is 835. The first-order chi connectivity index (χ1) is 14.7. The van der Waals surface area contributed by atoms with Crippen LogP contribution in [0.15, 0.2) is 41.5 Å². The highest BCUT2D eigenvalue weighted by atomic mass is 16.5. The third-order valence-electron chi connectivity index (χ3n) is 4.94. The number of hydrogen-bond acceptors (Lipinski definition) is 5. The van der Waals surface area contributed by atoms with Crippen molar-refractivity contribution in [3.63, 3.8) is 0 Å². The molecule has 1 aliphatic heterocycles. The SMILES string of the molecule is CCNC(=NCc1ccnc(OC)c1)NCc1ccc(C)cc1OCC1CCOC1. The summed E-state index contributed by atoms with van der Waals surface area (Å²) in [5, 5.41) is 6.70. The van der Waals surface area contributed by atoms with Crippen molar-refractivity contribution in [1.82, 2.24) is 15.6 Å². The van der Waals surface area contributed by atoms with E-state index in [0.717, 1.165) is 49.0 Å². The molecule has 1 unspecified atom stereocenters. The molecular formula is C23H32N4O3. The first-order valence-corrected chi connectivity index (χ1v) is 10.5. The van der Waals surface area contributed by atoms with Gasteiger partial charge in [-0.15, -0.1) is 0 Å². The van der Waals surface area contributed by atoms with Crippen molar-refractivity contribution in [2.24, 2.45) is 10.9 Å². The van der Waals surface area contributed by atoms with Gasteiger partial charge in [0.15, 0.2) is 5.96 Å². The van der Waals surface area contributed by atoms with Crippen LogP contribution in [0.1, 0.15) is 30.0 Å². The molecule has 0 bridgehead atoms. The predicted octanol–water partition coefficient (Wildman–Crippen LogP) is 3.07. The number of aliphatic imine (C=N–C) groups is 1. The number of pyridine rings is 1. The summed E-state index contributed by atoms with van der Waals surface area (Å²) in [7, 11) is 1.61. The molecule has 7 nitrogen and oxygen atoms in total. The third-order valence-corrected chi connectivity index (χ3v) is 4.94. The molecule has 0 aliphatic carbocycles. The second-order valence-electron chi connectivity index (χ2n) is 7.41. The first-order valence-electron chi connectivity index (χ1n) is 10.5. The maximum absolute atomic E-state index is 6.15. The number of nitrogens with zero attached hydrogens (tertiary/aromatic N) is 2. The van der Waals surface area contributed by atoms with Crippen LogP contribution < -0.4 is 20.1 Å². The highest BCUT2D eigenvalue weighted by Crippen LogP contribution is 2.22. The van der Waals surface area contributed by atoms with Crippen molar-refractivity contribution < 1.29 is 14.2 Å². The number of hydrogen-bond donors (Lipinski definition) is 2. The van der Waals surface area contributed by atoms with Crippen molar-refractivity contribution >= 4 is 5.96 Å². The fraction of sp³-hybridized carbons (Fsp3) is 0.478. The van der Waals surface area contributed by atoms with Crippen LogP contribution in [0.4, 0.5) is 0 Å². The third kappa shape index (κ3) is 6.62. The van der Waals surface area contributed by atoms with Gasteiger partial charge in [0.2, 0.25) is 5.88 Å². The molecule has 1 atom stereocenters. The summed E-state index contributed by atoms with van der Waals surface area (Å²) in [5.74, 6) is 2.74. The van der Waals surface area contributed by atoms with Gasteiger partial charge in [-0.2, -0.15) is 0 Å². The average molecular weight is 413 g/mol. The lowest BCUT2D eigenvalue weighted by molar-refractivity contribution is 0.166. The molecule has 2 aromatic rings. The predicted molar refractivity (Wildman–Crippen MR) is 118 cm³/mol. The molecule has 1 aliphatic rings. The monoisotopic (exact) mass is 412 g/mol. The lowest BCUT2D eigenvalue weighted by Crippen LogP contribution is -2.36. The molecular weight excluding hydrogens is 380 g/mol. The number of guanidine groups is 1. The Morgan fingerprint density at radius 3 is 2.93 bits per heavy atom. The molecule has 7 heteroatoms. The van der Waals surface area contributed by atoms with Gasteiger partial charge in [0.25, 0.3) is 0 Å². The molecule has 1 aromatic carbocycles. The van der Waals surface area contributed by atoms with Crippen molar-refractivity contribution in [2.45, 2.75) is 33.4 Å². The Balaban J connectivity index is 1.63. The molecule has 162 valence electrons. The van der Waals surface area contributed by atoms with E-state index in [1.54, 1.807) is 13.3 Å². The van der Waals surface area contributed by atoms with Gasteiger partial charge in [-0.05, 0) is 43.5 Å². The summed E-state index contributed by atoms with van der Waals surface area (Å²) in [4.78, 5) is 8.82. The maximum Gasteiger partial charge on any atom is 0.213 e. The summed E-state index contributed by atoms with van der Waals surface area (Å²) in [6.45, 7) is 8.39. The molecule has 1 fully saturated rings. The van der Waals surface area contributed by atoms with Crippen LogP contribution in [0.5, 0.6) is 11.6 Å². The molecule has 0 spiro atoms. The van der Waals surface area contributed by atoms with Crippen LogP contribution in [0.3, 0.4) is 0 Å². The molecule has 0 radical (unpaired) electrons. The number of rotatable bonds is 9. The van der Waals surface area contributed by atoms with Crippen LogP contribution >= 0.6 is 0 Å². The van der Waals surface area contributed by atoms with Crippen molar-refractivity contribution in [3.8, 4) is 11.6 Å². The van der Waals surface area contributed by atoms with Gasteiger partial charge in [0, 0.05) is 43.4 Å². The van der Waals surface area contributed by atoms with Gasteiger partial charge in [0.1, 0.15) is 5.75 Å². The van der Waals surface area contributed by atoms with Crippen molar-refractivity contribution in [2.75, 3.05) is 33.5 Å². The second kappa shape index (κ2) is 11.4. The molecule has 2 N–H and O–H groups in total. The minimum Gasteiger partial charge on any atom is -0.493 e. The molecule has 2 heterocycles. The molecule has 1 saturated heterocycles. The highest BCUT2D eigenvalue weighted by Gasteiger charge is 2.17. The Kier molecular flexibility index (Phi) is 8.32. The van der Waals surface area contributed by atoms with Gasteiger partial charge in [-0.25, -0.2) is 9.98 Å². The van der Waals surface area contributed by atoms with E-state index in [9.17, 15) is 0 Å². The molecule has 0 saturated carbocycles. The van der Waals surface area contributed by atoms with Crippen LogP contribution in [0.25, 0.3) is 0 Å². The van der Waals surface area contributed by atoms with Gasteiger partial charge >= 0.3 is 0 Å². The van der Waals surface area contributed by atoms with Crippen LogP contribution in [0.2, 0.25) is 0 Å². The zero-order valence-corrected chi connectivity index (χ0v) is 18.1. The Morgan fingerprint density at radius 2 is 2.17 bits per heavy atom. The van der Waals surface area contributed by atoms with E-state index in [1.165, 1.54) is 5.56 Å². The van der Waals surface area contributed by atoms with Gasteiger partial charge < -0.3 is 24.8 Å². The van der Waals surface area contributed by atoms with Crippen LogP contribution in [-0.4, -0.2) is 44.4 Å². The van der Waals surface area contributed by atoms with Crippen molar-refractivity contribution in [3.05, 3.63) is 53.2 Å². The Hall–Kier alpha value is -2.80. The lowest BCUT2D eigenvalue weighted by atomic mass is 10.1. The minimum atomic E-state index is 0.475. The minimum absolute atomic E-state index is 0.475. The normalized spacial score (nSPS) is 16.4. The maximum atomic E-state index is 6.15. The zero-order chi connectivity index (χ0) is 21.2. The van der Waals surface area contributed by atoms with Crippen LogP contribution in [-0.2, 0) is 17.8 Å². The largest absolute Gasteiger partial charge is 0.493 e. The lowest BCUT2D eigenvalue weighted by Gasteiger charge is -2.17.